The zero-order valence-electron chi connectivity index (χ0n) is 12.9. The van der Waals surface area contributed by atoms with Crippen molar-refractivity contribution in [3.8, 4) is 11.5 Å². The molecule has 1 aromatic carbocycles. The first-order valence-electron chi connectivity index (χ1n) is 7.73. The summed E-state index contributed by atoms with van der Waals surface area (Å²) in [6, 6.07) is 2.63. The minimum absolute atomic E-state index is 0.0824. The van der Waals surface area contributed by atoms with E-state index >= 15 is 0 Å². The molecule has 3 rings (SSSR count). The van der Waals surface area contributed by atoms with Crippen LogP contribution in [0.4, 0.5) is 0 Å². The molecule has 1 aliphatic carbocycles. The number of hydrogen-bond acceptors (Lipinski definition) is 5. The van der Waals surface area contributed by atoms with Gasteiger partial charge in [-0.05, 0) is 25.3 Å². The smallest absolute Gasteiger partial charge is 0.340 e. The number of amides is 1. The Kier molecular flexibility index (Phi) is 3.98. The van der Waals surface area contributed by atoms with Crippen molar-refractivity contribution >= 4 is 16.9 Å². The van der Waals surface area contributed by atoms with E-state index in [0.717, 1.165) is 25.7 Å². The summed E-state index contributed by atoms with van der Waals surface area (Å²) in [7, 11) is 0. The maximum absolute atomic E-state index is 12.2. The van der Waals surface area contributed by atoms with Gasteiger partial charge in [-0.15, -0.1) is 0 Å². The van der Waals surface area contributed by atoms with Gasteiger partial charge in [-0.2, -0.15) is 0 Å². The lowest BCUT2D eigenvalue weighted by Gasteiger charge is -2.13. The van der Waals surface area contributed by atoms with E-state index in [9.17, 15) is 19.8 Å². The lowest BCUT2D eigenvalue weighted by Crippen LogP contribution is -2.35. The van der Waals surface area contributed by atoms with E-state index in [1.54, 1.807) is 6.92 Å². The first-order valence-corrected chi connectivity index (χ1v) is 7.73. The molecule has 1 aromatic heterocycles. The van der Waals surface area contributed by atoms with Crippen LogP contribution in [0.15, 0.2) is 21.3 Å². The van der Waals surface area contributed by atoms with Crippen molar-refractivity contribution in [3.05, 3.63) is 33.7 Å². The Morgan fingerprint density at radius 1 is 1.30 bits per heavy atom. The minimum atomic E-state index is -0.624. The molecule has 2 aromatic rings. The molecule has 0 spiro atoms. The summed E-state index contributed by atoms with van der Waals surface area (Å²) in [5.74, 6) is -0.590. The summed E-state index contributed by atoms with van der Waals surface area (Å²) in [6.07, 6.45) is 4.08. The van der Waals surface area contributed by atoms with Crippen molar-refractivity contribution in [2.45, 2.75) is 45.1 Å². The second-order valence-electron chi connectivity index (χ2n) is 6.06. The van der Waals surface area contributed by atoms with Crippen LogP contribution in [0.1, 0.15) is 36.8 Å². The molecule has 1 fully saturated rings. The van der Waals surface area contributed by atoms with Gasteiger partial charge in [-0.3, -0.25) is 4.79 Å². The van der Waals surface area contributed by atoms with Crippen LogP contribution in [0.2, 0.25) is 0 Å². The van der Waals surface area contributed by atoms with E-state index in [4.69, 9.17) is 4.42 Å². The van der Waals surface area contributed by atoms with E-state index in [0.29, 0.717) is 10.9 Å². The van der Waals surface area contributed by atoms with Gasteiger partial charge in [-0.1, -0.05) is 12.8 Å². The number of hydrogen-bond donors (Lipinski definition) is 3. The summed E-state index contributed by atoms with van der Waals surface area (Å²) < 4.78 is 5.15. The summed E-state index contributed by atoms with van der Waals surface area (Å²) in [6.45, 7) is 1.66. The van der Waals surface area contributed by atoms with Crippen LogP contribution in [-0.2, 0) is 11.2 Å². The molecule has 0 radical (unpaired) electrons. The fraction of sp³-hybridized carbons (Fsp3) is 0.412. The molecule has 6 nitrogen and oxygen atoms in total. The van der Waals surface area contributed by atoms with Gasteiger partial charge in [0.05, 0.1) is 17.4 Å². The van der Waals surface area contributed by atoms with Gasteiger partial charge in [-0.25, -0.2) is 4.79 Å². The maximum Gasteiger partial charge on any atom is 0.340 e. The van der Waals surface area contributed by atoms with Crippen molar-refractivity contribution in [2.24, 2.45) is 0 Å². The van der Waals surface area contributed by atoms with Crippen molar-refractivity contribution < 1.29 is 19.4 Å². The number of benzene rings is 1. The Balaban J connectivity index is 1.94. The number of aryl methyl sites for hydroxylation is 1. The molecule has 1 amide bonds. The van der Waals surface area contributed by atoms with Crippen molar-refractivity contribution in [1.82, 2.24) is 5.32 Å². The third-order valence-electron chi connectivity index (χ3n) is 4.40. The second-order valence-corrected chi connectivity index (χ2v) is 6.06. The van der Waals surface area contributed by atoms with Gasteiger partial charge < -0.3 is 19.9 Å². The number of nitrogens with one attached hydrogen (secondary N) is 1. The molecule has 3 N–H and O–H groups in total. The molecule has 122 valence electrons. The molecular formula is C17H19NO5. The highest BCUT2D eigenvalue weighted by atomic mass is 16.4. The third kappa shape index (κ3) is 3.02. The predicted octanol–water partition coefficient (Wildman–Crippen LogP) is 2.11. The van der Waals surface area contributed by atoms with Gasteiger partial charge in [0.15, 0.2) is 0 Å². The topological polar surface area (TPSA) is 99.8 Å². The second kappa shape index (κ2) is 5.95. The van der Waals surface area contributed by atoms with E-state index in [1.165, 1.54) is 12.1 Å². The first-order chi connectivity index (χ1) is 11.0. The Hall–Kier alpha value is -2.50. The normalized spacial score (nSPS) is 15.2. The van der Waals surface area contributed by atoms with Gasteiger partial charge in [0.1, 0.15) is 17.1 Å². The highest BCUT2D eigenvalue weighted by molar-refractivity contribution is 5.90. The fourth-order valence-electron chi connectivity index (χ4n) is 3.22. The number of phenols is 2. The van der Waals surface area contributed by atoms with E-state index in [2.05, 4.69) is 5.32 Å². The van der Waals surface area contributed by atoms with Crippen LogP contribution in [0.3, 0.4) is 0 Å². The summed E-state index contributed by atoms with van der Waals surface area (Å²) in [5.41, 5.74) is 0.204. The molecular weight excluding hydrogens is 298 g/mol. The Morgan fingerprint density at radius 2 is 2.00 bits per heavy atom. The zero-order valence-corrected chi connectivity index (χ0v) is 12.9. The standard InChI is InChI=1S/C17H19NO5/c1-9-12(8-15(21)18-10-4-2-3-5-10)17(22)23-14-7-11(19)6-13(20)16(9)14/h6-7,10,19-20H,2-5,8H2,1H3,(H,18,21). The number of carbonyl (C=O) groups excluding carboxylic acids is 1. The van der Waals surface area contributed by atoms with E-state index in [-0.39, 0.29) is 41.0 Å². The zero-order chi connectivity index (χ0) is 16.6. The van der Waals surface area contributed by atoms with Crippen LogP contribution in [-0.4, -0.2) is 22.2 Å². The monoisotopic (exact) mass is 317 g/mol. The lowest BCUT2D eigenvalue weighted by molar-refractivity contribution is -0.121. The largest absolute Gasteiger partial charge is 0.508 e. The van der Waals surface area contributed by atoms with Crippen LogP contribution in [0.25, 0.3) is 11.0 Å². The Bertz CT molecular complexity index is 818. The quantitative estimate of drug-likeness (QED) is 0.753. The van der Waals surface area contributed by atoms with Crippen molar-refractivity contribution in [1.29, 1.82) is 0 Å². The molecule has 0 atom stereocenters. The average molecular weight is 317 g/mol. The first kappa shape index (κ1) is 15.4. The molecule has 0 bridgehead atoms. The van der Waals surface area contributed by atoms with Gasteiger partial charge in [0.25, 0.3) is 0 Å². The van der Waals surface area contributed by atoms with E-state index < -0.39 is 5.63 Å². The average Bonchev–Trinajstić information content (AvgIpc) is 2.95. The third-order valence-corrected chi connectivity index (χ3v) is 4.40. The van der Waals surface area contributed by atoms with E-state index in [1.807, 2.05) is 0 Å². The molecule has 1 saturated carbocycles. The van der Waals surface area contributed by atoms with Crippen LogP contribution < -0.4 is 10.9 Å². The molecule has 0 aliphatic heterocycles. The molecule has 1 aliphatic rings. The molecule has 0 unspecified atom stereocenters. The molecule has 0 saturated heterocycles. The summed E-state index contributed by atoms with van der Waals surface area (Å²) >= 11 is 0. The fourth-order valence-corrected chi connectivity index (χ4v) is 3.22. The molecule has 1 heterocycles. The van der Waals surface area contributed by atoms with Gasteiger partial charge >= 0.3 is 5.63 Å². The van der Waals surface area contributed by atoms with Crippen molar-refractivity contribution in [3.63, 3.8) is 0 Å². The Labute approximate surface area is 132 Å². The number of fused-ring (bicyclic) bond motifs is 1. The molecule has 6 heteroatoms. The van der Waals surface area contributed by atoms with Crippen LogP contribution in [0, 0.1) is 6.92 Å². The summed E-state index contributed by atoms with van der Waals surface area (Å²) in [4.78, 5) is 24.3. The SMILES string of the molecule is Cc1c(CC(=O)NC2CCCC2)c(=O)oc2cc(O)cc(O)c12. The highest BCUT2D eigenvalue weighted by Crippen LogP contribution is 2.32. The summed E-state index contributed by atoms with van der Waals surface area (Å²) in [5, 5.41) is 22.7. The highest BCUT2D eigenvalue weighted by Gasteiger charge is 2.21. The lowest BCUT2D eigenvalue weighted by atomic mass is 10.0. The van der Waals surface area contributed by atoms with Gasteiger partial charge in [0.2, 0.25) is 5.91 Å². The van der Waals surface area contributed by atoms with Crippen LogP contribution in [0.5, 0.6) is 11.5 Å². The van der Waals surface area contributed by atoms with Crippen LogP contribution >= 0.6 is 0 Å². The number of rotatable bonds is 3. The number of phenolic OH excluding ortho intramolecular Hbond substituents is 2. The Morgan fingerprint density at radius 3 is 2.70 bits per heavy atom. The number of aromatic hydroxyl groups is 2. The number of carbonyl (C=O) groups is 1. The maximum atomic E-state index is 12.2. The minimum Gasteiger partial charge on any atom is -0.508 e. The van der Waals surface area contributed by atoms with Crippen molar-refractivity contribution in [2.75, 3.05) is 0 Å². The predicted molar refractivity (Wildman–Crippen MR) is 84.7 cm³/mol. The molecule has 23 heavy (non-hydrogen) atoms. The van der Waals surface area contributed by atoms with Gasteiger partial charge in [0, 0.05) is 18.2 Å².